The van der Waals surface area contributed by atoms with Crippen LogP contribution in [0.25, 0.3) is 34.2 Å². The van der Waals surface area contributed by atoms with Gasteiger partial charge in [-0.1, -0.05) is 24.3 Å². The Labute approximate surface area is 209 Å². The second-order valence-corrected chi connectivity index (χ2v) is 10.2. The van der Waals surface area contributed by atoms with E-state index < -0.39 is 30.0 Å². The zero-order chi connectivity index (χ0) is 26.8. The first-order valence-corrected chi connectivity index (χ1v) is 12.8. The van der Waals surface area contributed by atoms with Gasteiger partial charge in [0.15, 0.2) is 23.2 Å². The molecule has 4 rings (SSSR count). The first kappa shape index (κ1) is 25.9. The van der Waals surface area contributed by atoms with Crippen molar-refractivity contribution in [2.75, 3.05) is 0 Å². The van der Waals surface area contributed by atoms with Crippen molar-refractivity contribution in [1.29, 1.82) is 0 Å². The van der Waals surface area contributed by atoms with Gasteiger partial charge in [0.25, 0.3) is 10.1 Å². The normalized spacial score (nSPS) is 11.8. The van der Waals surface area contributed by atoms with Crippen LogP contribution >= 0.6 is 0 Å². The van der Waals surface area contributed by atoms with Crippen LogP contribution in [0.3, 0.4) is 0 Å². The summed E-state index contributed by atoms with van der Waals surface area (Å²) >= 11 is 0. The molecule has 1 heterocycles. The van der Waals surface area contributed by atoms with Crippen LogP contribution in [0.1, 0.15) is 0 Å². The third-order valence-corrected chi connectivity index (χ3v) is 6.88. The minimum atomic E-state index is -4.90. The van der Waals surface area contributed by atoms with Crippen LogP contribution < -0.4 is 16.6 Å². The lowest BCUT2D eigenvalue weighted by molar-refractivity contribution is 0.332. The lowest BCUT2D eigenvalue weighted by Gasteiger charge is -2.12. The lowest BCUT2D eigenvalue weighted by Crippen LogP contribution is -2.12. The van der Waals surface area contributed by atoms with Crippen molar-refractivity contribution >= 4 is 25.9 Å². The fourth-order valence-corrected chi connectivity index (χ4v) is 4.57. The van der Waals surface area contributed by atoms with E-state index in [0.717, 1.165) is 12.1 Å². The first-order valence-electron chi connectivity index (χ1n) is 9.98. The van der Waals surface area contributed by atoms with Gasteiger partial charge >= 0.3 is 10.1 Å². The average molecular weight is 545 g/mol. The third-order valence-electron chi connectivity index (χ3n) is 4.99. The van der Waals surface area contributed by atoms with Gasteiger partial charge < -0.3 is 4.84 Å². The fourth-order valence-electron chi connectivity index (χ4n) is 3.29. The Morgan fingerprint density at radius 1 is 0.757 bits per heavy atom. The summed E-state index contributed by atoms with van der Waals surface area (Å²) in [6.45, 7) is 0. The maximum atomic E-state index is 12.3. The number of aromatic nitrogens is 3. The van der Waals surface area contributed by atoms with Crippen molar-refractivity contribution in [2.45, 2.75) is 9.79 Å². The Bertz CT molecular complexity index is 1730. The molecule has 37 heavy (non-hydrogen) atoms. The van der Waals surface area contributed by atoms with E-state index in [1.165, 1.54) is 18.2 Å². The maximum Gasteiger partial charge on any atom is 0.312 e. The molecule has 1 aromatic heterocycles. The first-order chi connectivity index (χ1) is 17.6. The van der Waals surface area contributed by atoms with Crippen LogP contribution in [0.2, 0.25) is 0 Å². The second-order valence-electron chi connectivity index (χ2n) is 7.25. The molecule has 5 N–H and O–H groups in total. The van der Waals surface area contributed by atoms with E-state index in [9.17, 15) is 26.3 Å². The molecule has 0 bridgehead atoms. The summed E-state index contributed by atoms with van der Waals surface area (Å²) in [6, 6.07) is 15.0. The molecular formula is C21H16N6O8S2. The van der Waals surface area contributed by atoms with Crippen molar-refractivity contribution in [3.05, 3.63) is 71.6 Å². The van der Waals surface area contributed by atoms with Gasteiger partial charge in [-0.3, -0.25) is 4.55 Å². The largest absolute Gasteiger partial charge is 0.411 e. The Morgan fingerprint density at radius 3 is 1.95 bits per heavy atom. The summed E-state index contributed by atoms with van der Waals surface area (Å²) in [5.41, 5.74) is 0.284. The summed E-state index contributed by atoms with van der Waals surface area (Å²) in [5, 5.41) is 2.97. The van der Waals surface area contributed by atoms with Crippen LogP contribution in [0.4, 0.5) is 5.69 Å². The van der Waals surface area contributed by atoms with Gasteiger partial charge in [0.1, 0.15) is 5.69 Å². The lowest BCUT2D eigenvalue weighted by atomic mass is 10.1. The van der Waals surface area contributed by atoms with Crippen LogP contribution in [0.5, 0.6) is 5.75 Å². The monoisotopic (exact) mass is 544 g/mol. The van der Waals surface area contributed by atoms with E-state index in [1.54, 1.807) is 30.3 Å². The molecule has 0 aliphatic rings. The van der Waals surface area contributed by atoms with Gasteiger partial charge in [-0.25, -0.2) is 15.0 Å². The topological polar surface area (TPSA) is 227 Å². The molecule has 0 spiro atoms. The van der Waals surface area contributed by atoms with E-state index in [2.05, 4.69) is 24.4 Å². The predicted molar refractivity (Wildman–Crippen MR) is 129 cm³/mol. The quantitative estimate of drug-likeness (QED) is 0.164. The fraction of sp³-hybridized carbons (Fsp3) is 0. The van der Waals surface area contributed by atoms with E-state index in [-0.39, 0.29) is 45.6 Å². The molecule has 14 nitrogen and oxygen atoms in total. The standard InChI is InChI=1S/C21H16N6O8S2/c22-34-18-8-4-2-6-16(18)21-25-19(24-20(26-21)15-5-1-3-7-17(15)27-28)12-9-13(36(29,30)31)11-14(10-12)37(32,33)35-23/h1-11H,22-23H2,(H,29,30,31). The van der Waals surface area contributed by atoms with E-state index in [4.69, 9.17) is 16.6 Å². The summed E-state index contributed by atoms with van der Waals surface area (Å²) in [7, 11) is -9.51. The number of nitrogens with two attached hydrogens (primary N) is 2. The number of benzene rings is 3. The van der Waals surface area contributed by atoms with Crippen LogP contribution in [0, 0.1) is 4.91 Å². The number of para-hydroxylation sites is 1. The summed E-state index contributed by atoms with van der Waals surface area (Å²) < 4.78 is 61.9. The van der Waals surface area contributed by atoms with Crippen molar-refractivity contribution in [2.24, 2.45) is 17.0 Å². The van der Waals surface area contributed by atoms with E-state index in [1.807, 2.05) is 0 Å². The highest BCUT2D eigenvalue weighted by Gasteiger charge is 2.23. The van der Waals surface area contributed by atoms with E-state index >= 15 is 0 Å². The molecule has 0 radical (unpaired) electrons. The van der Waals surface area contributed by atoms with Gasteiger partial charge in [-0.05, 0) is 47.6 Å². The molecule has 0 atom stereocenters. The summed E-state index contributed by atoms with van der Waals surface area (Å²) in [6.07, 6.45) is 0. The Kier molecular flexibility index (Phi) is 7.03. The highest BCUT2D eigenvalue weighted by molar-refractivity contribution is 7.87. The van der Waals surface area contributed by atoms with Gasteiger partial charge in [0.2, 0.25) is 0 Å². The van der Waals surface area contributed by atoms with Gasteiger partial charge in [-0.15, -0.1) is 4.91 Å². The molecule has 0 fully saturated rings. The number of nitrogens with zero attached hydrogens (tertiary/aromatic N) is 4. The van der Waals surface area contributed by atoms with Crippen molar-refractivity contribution in [3.8, 4) is 39.9 Å². The van der Waals surface area contributed by atoms with Crippen LogP contribution in [-0.2, 0) is 24.5 Å². The summed E-state index contributed by atoms with van der Waals surface area (Å²) in [5.74, 6) is 10.0. The van der Waals surface area contributed by atoms with Crippen LogP contribution in [-0.4, -0.2) is 36.3 Å². The zero-order valence-electron chi connectivity index (χ0n) is 18.4. The second kappa shape index (κ2) is 10.1. The Balaban J connectivity index is 2.08. The van der Waals surface area contributed by atoms with Gasteiger partial charge in [0, 0.05) is 11.1 Å². The van der Waals surface area contributed by atoms with Crippen molar-refractivity contribution in [3.63, 3.8) is 0 Å². The molecule has 0 aliphatic carbocycles. The predicted octanol–water partition coefficient (Wildman–Crippen LogP) is 2.35. The SMILES string of the molecule is NOc1ccccc1-c1nc(-c2cc(S(=O)(=O)O)cc(S(=O)(=O)ON)c2)nc(-c2ccccc2N=O)n1. The molecule has 190 valence electrons. The molecule has 0 saturated carbocycles. The van der Waals surface area contributed by atoms with E-state index in [0.29, 0.717) is 6.07 Å². The minimum absolute atomic E-state index is 0.0135. The molecule has 16 heteroatoms. The molecule has 0 saturated heterocycles. The van der Waals surface area contributed by atoms with Crippen LogP contribution in [0.15, 0.2) is 81.7 Å². The number of rotatable bonds is 8. The smallest absolute Gasteiger partial charge is 0.312 e. The highest BCUT2D eigenvalue weighted by Crippen LogP contribution is 2.34. The molecule has 0 aliphatic heterocycles. The molecular weight excluding hydrogens is 528 g/mol. The molecule has 4 aromatic rings. The third kappa shape index (κ3) is 5.33. The summed E-state index contributed by atoms with van der Waals surface area (Å²) in [4.78, 5) is 27.8. The van der Waals surface area contributed by atoms with Gasteiger partial charge in [-0.2, -0.15) is 32.9 Å². The number of hydrogen-bond donors (Lipinski definition) is 3. The zero-order valence-corrected chi connectivity index (χ0v) is 20.0. The minimum Gasteiger partial charge on any atom is -0.411 e. The van der Waals surface area contributed by atoms with Crippen molar-refractivity contribution < 1.29 is 30.5 Å². The highest BCUT2D eigenvalue weighted by atomic mass is 32.2. The maximum absolute atomic E-state index is 12.3. The molecule has 0 unspecified atom stereocenters. The average Bonchev–Trinajstić information content (AvgIpc) is 2.91. The number of nitroso groups, excluding NO2 is 1. The molecule has 0 amide bonds. The Hall–Kier alpha value is -4.19. The van der Waals surface area contributed by atoms with Crippen molar-refractivity contribution in [1.82, 2.24) is 15.0 Å². The van der Waals surface area contributed by atoms with Gasteiger partial charge in [0.05, 0.1) is 15.4 Å². The molecule has 3 aromatic carbocycles. The Morgan fingerprint density at radius 2 is 1.32 bits per heavy atom. The number of hydrogen-bond acceptors (Lipinski definition) is 13.